The van der Waals surface area contributed by atoms with E-state index in [-0.39, 0.29) is 23.8 Å². The van der Waals surface area contributed by atoms with Crippen LogP contribution in [0.3, 0.4) is 0 Å². The number of methoxy groups -OCH3 is 1. The van der Waals surface area contributed by atoms with Gasteiger partial charge >= 0.3 is 6.18 Å². The van der Waals surface area contributed by atoms with Gasteiger partial charge in [0.05, 0.1) is 12.7 Å². The average molecular weight is 391 g/mol. The number of benzene rings is 2. The lowest BCUT2D eigenvalue weighted by Crippen LogP contribution is -2.28. The minimum Gasteiger partial charge on any atom is -0.497 e. The molecule has 0 saturated heterocycles. The fourth-order valence-corrected chi connectivity index (χ4v) is 2.39. The summed E-state index contributed by atoms with van der Waals surface area (Å²) in [5.41, 5.74) is 0.239. The molecule has 1 N–H and O–H groups in total. The molecule has 0 radical (unpaired) electrons. The Kier molecular flexibility index (Phi) is 5.57. The second-order valence-corrected chi connectivity index (χ2v) is 5.85. The maximum Gasteiger partial charge on any atom is 0.416 e. The van der Waals surface area contributed by atoms with E-state index in [2.05, 4.69) is 20.7 Å². The Labute approximate surface area is 158 Å². The first-order valence-corrected chi connectivity index (χ1v) is 8.20. The van der Waals surface area contributed by atoms with Gasteiger partial charge in [0.15, 0.2) is 0 Å². The molecule has 2 aromatic carbocycles. The van der Waals surface area contributed by atoms with Crippen LogP contribution in [0.25, 0.3) is 11.4 Å². The number of alkyl halides is 3. The predicted molar refractivity (Wildman–Crippen MR) is 93.1 cm³/mol. The number of aromatic nitrogens is 4. The van der Waals surface area contributed by atoms with Gasteiger partial charge in [0, 0.05) is 12.1 Å². The molecule has 3 rings (SSSR count). The van der Waals surface area contributed by atoms with E-state index in [1.807, 2.05) is 12.1 Å². The average Bonchev–Trinajstić information content (AvgIpc) is 3.14. The minimum atomic E-state index is -4.46. The summed E-state index contributed by atoms with van der Waals surface area (Å²) in [7, 11) is 1.57. The molecule has 10 heteroatoms. The molecule has 1 aromatic heterocycles. The smallest absolute Gasteiger partial charge is 0.416 e. The van der Waals surface area contributed by atoms with Crippen molar-refractivity contribution in [3.8, 4) is 17.1 Å². The number of carbonyl (C=O) groups is 1. The van der Waals surface area contributed by atoms with Gasteiger partial charge in [0.1, 0.15) is 12.3 Å². The number of carbonyl (C=O) groups excluding carboxylic acids is 1. The molecule has 1 amide bonds. The summed E-state index contributed by atoms with van der Waals surface area (Å²) in [6, 6.07) is 11.8. The SMILES string of the molecule is COc1ccc(CNC(=O)Cn2nnc(-c3cccc(C(F)(F)F)c3)n2)cc1. The third-order valence-electron chi connectivity index (χ3n) is 3.83. The van der Waals surface area contributed by atoms with Gasteiger partial charge in [-0.15, -0.1) is 10.2 Å². The first kappa shape index (κ1) is 19.3. The van der Waals surface area contributed by atoms with E-state index in [9.17, 15) is 18.0 Å². The summed E-state index contributed by atoms with van der Waals surface area (Å²) in [5.74, 6) is 0.363. The molecule has 1 heterocycles. The lowest BCUT2D eigenvalue weighted by Gasteiger charge is -2.06. The van der Waals surface area contributed by atoms with Gasteiger partial charge in [-0.05, 0) is 35.0 Å². The van der Waals surface area contributed by atoms with Crippen LogP contribution in [0.2, 0.25) is 0 Å². The van der Waals surface area contributed by atoms with Crippen LogP contribution in [0.5, 0.6) is 5.75 Å². The first-order valence-electron chi connectivity index (χ1n) is 8.20. The van der Waals surface area contributed by atoms with Crippen molar-refractivity contribution in [2.24, 2.45) is 0 Å². The molecule has 146 valence electrons. The summed E-state index contributed by atoms with van der Waals surface area (Å²) in [4.78, 5) is 13.1. The molecular formula is C18H16F3N5O2. The lowest BCUT2D eigenvalue weighted by atomic mass is 10.1. The summed E-state index contributed by atoms with van der Waals surface area (Å²) in [6.07, 6.45) is -4.46. The fourth-order valence-electron chi connectivity index (χ4n) is 2.39. The highest BCUT2D eigenvalue weighted by Crippen LogP contribution is 2.31. The highest BCUT2D eigenvalue weighted by Gasteiger charge is 2.30. The normalized spacial score (nSPS) is 11.3. The quantitative estimate of drug-likeness (QED) is 0.699. The number of amides is 1. The molecule has 0 spiro atoms. The van der Waals surface area contributed by atoms with Gasteiger partial charge in [-0.1, -0.05) is 24.3 Å². The van der Waals surface area contributed by atoms with Gasteiger partial charge in [0.2, 0.25) is 11.7 Å². The Morgan fingerprint density at radius 3 is 2.61 bits per heavy atom. The van der Waals surface area contributed by atoms with Crippen LogP contribution in [0.4, 0.5) is 13.2 Å². The van der Waals surface area contributed by atoms with E-state index < -0.39 is 11.7 Å². The zero-order valence-electron chi connectivity index (χ0n) is 14.8. The standard InChI is InChI=1S/C18H16F3N5O2/c1-28-15-7-5-12(6-8-15)10-22-16(27)11-26-24-17(23-25-26)13-3-2-4-14(9-13)18(19,20)21/h2-9H,10-11H2,1H3,(H,22,27). The molecule has 0 unspecified atom stereocenters. The van der Waals surface area contributed by atoms with Crippen LogP contribution in [0.15, 0.2) is 48.5 Å². The summed E-state index contributed by atoms with van der Waals surface area (Å²) in [5, 5.41) is 14.1. The Hall–Kier alpha value is -3.43. The largest absolute Gasteiger partial charge is 0.497 e. The summed E-state index contributed by atoms with van der Waals surface area (Å²) in [6.45, 7) is 0.0973. The van der Waals surface area contributed by atoms with Gasteiger partial charge in [-0.2, -0.15) is 18.0 Å². The molecule has 0 atom stereocenters. The molecule has 0 aliphatic heterocycles. The number of nitrogens with one attached hydrogen (secondary N) is 1. The Balaban J connectivity index is 1.60. The summed E-state index contributed by atoms with van der Waals surface area (Å²) >= 11 is 0. The van der Waals surface area contributed by atoms with Gasteiger partial charge in [-0.3, -0.25) is 4.79 Å². The van der Waals surface area contributed by atoms with Crippen LogP contribution in [-0.4, -0.2) is 33.2 Å². The molecule has 0 fully saturated rings. The molecule has 28 heavy (non-hydrogen) atoms. The predicted octanol–water partition coefficient (Wildman–Crippen LogP) is 2.68. The Morgan fingerprint density at radius 2 is 1.93 bits per heavy atom. The van der Waals surface area contributed by atoms with E-state index in [1.54, 1.807) is 19.2 Å². The topological polar surface area (TPSA) is 81.9 Å². The monoisotopic (exact) mass is 391 g/mol. The zero-order chi connectivity index (χ0) is 20.1. The van der Waals surface area contributed by atoms with Crippen molar-refractivity contribution in [1.29, 1.82) is 0 Å². The number of ether oxygens (including phenoxy) is 1. The molecule has 0 aliphatic carbocycles. The van der Waals surface area contributed by atoms with Gasteiger partial charge < -0.3 is 10.1 Å². The molecule has 7 nitrogen and oxygen atoms in total. The molecular weight excluding hydrogens is 375 g/mol. The van der Waals surface area contributed by atoms with Crippen molar-refractivity contribution < 1.29 is 22.7 Å². The number of nitrogens with zero attached hydrogens (tertiary/aromatic N) is 4. The van der Waals surface area contributed by atoms with Crippen molar-refractivity contribution in [2.45, 2.75) is 19.3 Å². The maximum atomic E-state index is 12.8. The second-order valence-electron chi connectivity index (χ2n) is 5.85. The van der Waals surface area contributed by atoms with Crippen LogP contribution in [-0.2, 0) is 24.1 Å². The third-order valence-corrected chi connectivity index (χ3v) is 3.83. The maximum absolute atomic E-state index is 12.8. The first-order chi connectivity index (χ1) is 13.3. The van der Waals surface area contributed by atoms with Crippen molar-refractivity contribution in [3.63, 3.8) is 0 Å². The molecule has 3 aromatic rings. The number of halogens is 3. The Morgan fingerprint density at radius 1 is 1.18 bits per heavy atom. The lowest BCUT2D eigenvalue weighted by molar-refractivity contribution is -0.137. The fraction of sp³-hybridized carbons (Fsp3) is 0.222. The van der Waals surface area contributed by atoms with E-state index in [4.69, 9.17) is 4.74 Å². The summed E-state index contributed by atoms with van der Waals surface area (Å²) < 4.78 is 43.5. The van der Waals surface area contributed by atoms with E-state index in [0.717, 1.165) is 22.5 Å². The van der Waals surface area contributed by atoms with Crippen molar-refractivity contribution in [3.05, 3.63) is 59.7 Å². The number of hydrogen-bond donors (Lipinski definition) is 1. The van der Waals surface area contributed by atoms with E-state index >= 15 is 0 Å². The number of hydrogen-bond acceptors (Lipinski definition) is 5. The Bertz CT molecular complexity index is 954. The number of tetrazole rings is 1. The van der Waals surface area contributed by atoms with E-state index in [1.165, 1.54) is 12.1 Å². The van der Waals surface area contributed by atoms with Crippen LogP contribution in [0, 0.1) is 0 Å². The van der Waals surface area contributed by atoms with Gasteiger partial charge in [0.25, 0.3) is 0 Å². The molecule has 0 saturated carbocycles. The van der Waals surface area contributed by atoms with Gasteiger partial charge in [-0.25, -0.2) is 0 Å². The molecule has 0 aliphatic rings. The van der Waals surface area contributed by atoms with Crippen molar-refractivity contribution >= 4 is 5.91 Å². The van der Waals surface area contributed by atoms with Crippen LogP contribution in [0.1, 0.15) is 11.1 Å². The highest BCUT2D eigenvalue weighted by atomic mass is 19.4. The van der Waals surface area contributed by atoms with Crippen LogP contribution >= 0.6 is 0 Å². The van der Waals surface area contributed by atoms with Crippen LogP contribution < -0.4 is 10.1 Å². The molecule has 0 bridgehead atoms. The highest BCUT2D eigenvalue weighted by molar-refractivity contribution is 5.75. The zero-order valence-corrected chi connectivity index (χ0v) is 14.8. The minimum absolute atomic E-state index is 0.00838. The van der Waals surface area contributed by atoms with E-state index in [0.29, 0.717) is 12.3 Å². The van der Waals surface area contributed by atoms with Crippen molar-refractivity contribution in [1.82, 2.24) is 25.5 Å². The van der Waals surface area contributed by atoms with Crippen molar-refractivity contribution in [2.75, 3.05) is 7.11 Å². The number of rotatable bonds is 6. The second kappa shape index (κ2) is 8.07. The third kappa shape index (κ3) is 4.84.